The largest absolute Gasteiger partial charge is 0.505 e. The monoisotopic (exact) mass is 458 g/mol. The highest BCUT2D eigenvalue weighted by Gasteiger charge is 2.20. The molecule has 0 aliphatic heterocycles. The van der Waals surface area contributed by atoms with Gasteiger partial charge in [-0.2, -0.15) is 0 Å². The van der Waals surface area contributed by atoms with E-state index in [1.165, 1.54) is 23.1 Å². The van der Waals surface area contributed by atoms with Crippen molar-refractivity contribution in [1.82, 2.24) is 19.7 Å². The van der Waals surface area contributed by atoms with Crippen molar-refractivity contribution in [2.24, 2.45) is 0 Å². The molecular weight excluding hydrogens is 446 g/mol. The van der Waals surface area contributed by atoms with E-state index in [9.17, 15) is 9.90 Å². The van der Waals surface area contributed by atoms with Crippen LogP contribution in [-0.4, -0.2) is 37.2 Å². The van der Waals surface area contributed by atoms with Crippen LogP contribution in [0.15, 0.2) is 36.7 Å². The van der Waals surface area contributed by atoms with Gasteiger partial charge in [-0.05, 0) is 36.8 Å². The summed E-state index contributed by atoms with van der Waals surface area (Å²) in [4.78, 5) is 18.5. The molecule has 1 heterocycles. The van der Waals surface area contributed by atoms with Gasteiger partial charge >= 0.3 is 0 Å². The molecule has 146 valence electrons. The number of hydrogen-bond acceptors (Lipinski definition) is 4. The first-order valence-corrected chi connectivity index (χ1v) is 9.64. The van der Waals surface area contributed by atoms with Crippen LogP contribution in [0.25, 0.3) is 5.69 Å². The normalized spacial score (nSPS) is 10.9. The highest BCUT2D eigenvalue weighted by molar-refractivity contribution is 6.42. The number of rotatable bonds is 5. The molecule has 0 unspecified atom stereocenters. The van der Waals surface area contributed by atoms with Crippen LogP contribution in [0.2, 0.25) is 20.1 Å². The maximum absolute atomic E-state index is 12.8. The van der Waals surface area contributed by atoms with Crippen molar-refractivity contribution in [3.05, 3.63) is 68.1 Å². The molecule has 0 bridgehead atoms. The van der Waals surface area contributed by atoms with E-state index in [0.717, 1.165) is 5.56 Å². The Labute approximate surface area is 181 Å². The van der Waals surface area contributed by atoms with Gasteiger partial charge in [-0.3, -0.25) is 4.79 Å². The van der Waals surface area contributed by atoms with Crippen LogP contribution >= 0.6 is 46.4 Å². The fraction of sp³-hybridized carbons (Fsp3) is 0.167. The second-order valence-corrected chi connectivity index (χ2v) is 7.47. The summed E-state index contributed by atoms with van der Waals surface area (Å²) in [7, 11) is 0. The standard InChI is InChI=1S/C18H14Cl4N4O2/c1-2-25(8-10-3-4-12(19)13(20)5-10)18(28)17-23-9-26(24-17)11-6-14(21)16(27)15(22)7-11/h3-7,9,27H,2,8H2,1H3. The third-order valence-electron chi connectivity index (χ3n) is 3.98. The first kappa shape index (κ1) is 20.7. The van der Waals surface area contributed by atoms with Gasteiger partial charge in [-0.25, -0.2) is 9.67 Å². The first-order chi connectivity index (χ1) is 13.3. The summed E-state index contributed by atoms with van der Waals surface area (Å²) in [5.74, 6) is -0.548. The molecule has 28 heavy (non-hydrogen) atoms. The van der Waals surface area contributed by atoms with Gasteiger partial charge in [0.2, 0.25) is 5.82 Å². The zero-order chi connectivity index (χ0) is 20.4. The molecule has 0 radical (unpaired) electrons. The molecule has 1 N–H and O–H groups in total. The Balaban J connectivity index is 1.83. The second kappa shape index (κ2) is 8.57. The third kappa shape index (κ3) is 4.36. The van der Waals surface area contributed by atoms with E-state index in [1.54, 1.807) is 23.1 Å². The van der Waals surface area contributed by atoms with Gasteiger partial charge in [0.1, 0.15) is 6.33 Å². The highest BCUT2D eigenvalue weighted by Crippen LogP contribution is 2.33. The van der Waals surface area contributed by atoms with Gasteiger partial charge in [-0.15, -0.1) is 5.10 Å². The molecule has 0 saturated carbocycles. The lowest BCUT2D eigenvalue weighted by Gasteiger charge is -2.19. The molecule has 0 atom stereocenters. The molecule has 6 nitrogen and oxygen atoms in total. The van der Waals surface area contributed by atoms with E-state index in [4.69, 9.17) is 46.4 Å². The molecule has 0 aliphatic rings. The van der Waals surface area contributed by atoms with Crippen molar-refractivity contribution in [3.63, 3.8) is 0 Å². The number of nitrogens with zero attached hydrogens (tertiary/aromatic N) is 4. The molecule has 3 aromatic rings. The minimum Gasteiger partial charge on any atom is -0.505 e. The Bertz CT molecular complexity index is 1020. The van der Waals surface area contributed by atoms with Crippen molar-refractivity contribution in [2.75, 3.05) is 6.54 Å². The van der Waals surface area contributed by atoms with Crippen molar-refractivity contribution < 1.29 is 9.90 Å². The van der Waals surface area contributed by atoms with Gasteiger partial charge in [0.15, 0.2) is 5.75 Å². The fourth-order valence-corrected chi connectivity index (χ4v) is 3.29. The molecule has 0 spiro atoms. The van der Waals surface area contributed by atoms with Gasteiger partial charge in [-0.1, -0.05) is 52.5 Å². The van der Waals surface area contributed by atoms with E-state index in [-0.39, 0.29) is 27.5 Å². The van der Waals surface area contributed by atoms with Crippen LogP contribution in [-0.2, 0) is 6.54 Å². The Morgan fingerprint density at radius 3 is 2.36 bits per heavy atom. The Morgan fingerprint density at radius 2 is 1.75 bits per heavy atom. The number of phenols is 1. The lowest BCUT2D eigenvalue weighted by atomic mass is 10.2. The molecule has 2 aromatic carbocycles. The number of hydrogen-bond donors (Lipinski definition) is 1. The number of aromatic hydroxyl groups is 1. The van der Waals surface area contributed by atoms with Crippen LogP contribution in [0.1, 0.15) is 23.1 Å². The zero-order valence-electron chi connectivity index (χ0n) is 14.5. The van der Waals surface area contributed by atoms with E-state index in [1.807, 2.05) is 6.92 Å². The predicted octanol–water partition coefficient (Wildman–Crippen LogP) is 5.25. The fourth-order valence-electron chi connectivity index (χ4n) is 2.50. The summed E-state index contributed by atoms with van der Waals surface area (Å²) in [6.45, 7) is 2.63. The number of carbonyl (C=O) groups is 1. The number of aromatic nitrogens is 3. The minimum absolute atomic E-state index is 0.0160. The van der Waals surface area contributed by atoms with E-state index in [2.05, 4.69) is 10.1 Å². The smallest absolute Gasteiger partial charge is 0.293 e. The van der Waals surface area contributed by atoms with Crippen molar-refractivity contribution in [3.8, 4) is 11.4 Å². The molecule has 1 amide bonds. The average molecular weight is 460 g/mol. The number of benzene rings is 2. The lowest BCUT2D eigenvalue weighted by molar-refractivity contribution is 0.0740. The lowest BCUT2D eigenvalue weighted by Crippen LogP contribution is -2.31. The maximum Gasteiger partial charge on any atom is 0.293 e. The number of phenolic OH excluding ortho intramolecular Hbond substituents is 1. The first-order valence-electron chi connectivity index (χ1n) is 8.13. The van der Waals surface area contributed by atoms with Crippen LogP contribution in [0.4, 0.5) is 0 Å². The molecular formula is C18H14Cl4N4O2. The summed E-state index contributed by atoms with van der Waals surface area (Å²) < 4.78 is 1.36. The van der Waals surface area contributed by atoms with Crippen LogP contribution < -0.4 is 0 Å². The summed E-state index contributed by atoms with van der Waals surface area (Å²) in [5, 5.41) is 14.9. The number of amides is 1. The topological polar surface area (TPSA) is 71.2 Å². The molecule has 3 rings (SSSR count). The average Bonchev–Trinajstić information content (AvgIpc) is 3.16. The van der Waals surface area contributed by atoms with Crippen LogP contribution in [0.5, 0.6) is 5.75 Å². The van der Waals surface area contributed by atoms with Crippen molar-refractivity contribution >= 4 is 52.3 Å². The van der Waals surface area contributed by atoms with Crippen molar-refractivity contribution in [2.45, 2.75) is 13.5 Å². The number of carbonyl (C=O) groups excluding carboxylic acids is 1. The summed E-state index contributed by atoms with van der Waals surface area (Å²) in [6, 6.07) is 8.14. The van der Waals surface area contributed by atoms with Crippen molar-refractivity contribution in [1.29, 1.82) is 0 Å². The molecule has 0 fully saturated rings. The van der Waals surface area contributed by atoms with Gasteiger partial charge in [0.05, 0.1) is 25.8 Å². The van der Waals surface area contributed by atoms with Gasteiger partial charge < -0.3 is 10.0 Å². The molecule has 10 heteroatoms. The van der Waals surface area contributed by atoms with E-state index < -0.39 is 0 Å². The minimum atomic E-state index is -0.344. The zero-order valence-corrected chi connectivity index (χ0v) is 17.6. The SMILES string of the molecule is CCN(Cc1ccc(Cl)c(Cl)c1)C(=O)c1ncn(-c2cc(Cl)c(O)c(Cl)c2)n1. The van der Waals surface area contributed by atoms with Crippen LogP contribution in [0.3, 0.4) is 0 Å². The van der Waals surface area contributed by atoms with Gasteiger partial charge in [0, 0.05) is 13.1 Å². The van der Waals surface area contributed by atoms with E-state index >= 15 is 0 Å². The second-order valence-electron chi connectivity index (χ2n) is 5.84. The Hall–Kier alpha value is -1.99. The summed E-state index contributed by atoms with van der Waals surface area (Å²) in [5.41, 5.74) is 1.30. The molecule has 1 aromatic heterocycles. The number of halogens is 4. The molecule has 0 saturated heterocycles. The maximum atomic E-state index is 12.8. The van der Waals surface area contributed by atoms with E-state index in [0.29, 0.717) is 28.8 Å². The van der Waals surface area contributed by atoms with Crippen LogP contribution in [0, 0.1) is 0 Å². The Kier molecular flexibility index (Phi) is 6.35. The third-order valence-corrected chi connectivity index (χ3v) is 5.29. The predicted molar refractivity (Wildman–Crippen MR) is 110 cm³/mol. The quantitative estimate of drug-likeness (QED) is 0.565. The summed E-state index contributed by atoms with van der Waals surface area (Å²) in [6.07, 6.45) is 1.37. The highest BCUT2D eigenvalue weighted by atomic mass is 35.5. The van der Waals surface area contributed by atoms with Gasteiger partial charge in [0.25, 0.3) is 5.91 Å². The molecule has 0 aliphatic carbocycles. The Morgan fingerprint density at radius 1 is 1.07 bits per heavy atom. The summed E-state index contributed by atoms with van der Waals surface area (Å²) >= 11 is 23.8.